The quantitative estimate of drug-likeness (QED) is 0.758. The number of aryl methyl sites for hydroxylation is 2. The molecule has 0 unspecified atom stereocenters. The van der Waals surface area contributed by atoms with Crippen LogP contribution < -0.4 is 0 Å². The molecule has 1 aliphatic heterocycles. The van der Waals surface area contributed by atoms with Crippen LogP contribution in [0.5, 0.6) is 0 Å². The highest BCUT2D eigenvalue weighted by atomic mass is 19.1. The van der Waals surface area contributed by atoms with E-state index in [-0.39, 0.29) is 12.7 Å². The summed E-state index contributed by atoms with van der Waals surface area (Å²) in [6, 6.07) is 2.20. The number of likely N-dealkylation sites (tertiary alicyclic amines) is 1. The number of rotatable bonds is 3. The first-order chi connectivity index (χ1) is 7.20. The highest BCUT2D eigenvalue weighted by Crippen LogP contribution is 2.20. The van der Waals surface area contributed by atoms with E-state index >= 15 is 0 Å². The van der Waals surface area contributed by atoms with Gasteiger partial charge < -0.3 is 0 Å². The van der Waals surface area contributed by atoms with E-state index in [9.17, 15) is 4.39 Å². The third kappa shape index (κ3) is 2.20. The Morgan fingerprint density at radius 3 is 3.00 bits per heavy atom. The van der Waals surface area contributed by atoms with E-state index in [0.717, 1.165) is 31.6 Å². The molecule has 1 atom stereocenters. The Balaban J connectivity index is 2.05. The van der Waals surface area contributed by atoms with Gasteiger partial charge in [0.15, 0.2) is 0 Å². The standard InChI is InChI=1S/C11H18FN3/c1-9-6-11(14(2)13-9)8-15-5-3-4-10(15)7-12/h6,10H,3-5,7-8H2,1-2H3/t10-/m0/s1. The molecule has 0 radical (unpaired) electrons. The maximum atomic E-state index is 12.7. The van der Waals surface area contributed by atoms with E-state index in [0.29, 0.717) is 0 Å². The number of hydrogen-bond donors (Lipinski definition) is 0. The molecule has 0 N–H and O–H groups in total. The fraction of sp³-hybridized carbons (Fsp3) is 0.727. The highest BCUT2D eigenvalue weighted by Gasteiger charge is 2.24. The topological polar surface area (TPSA) is 21.1 Å². The molecule has 1 aromatic rings. The lowest BCUT2D eigenvalue weighted by Gasteiger charge is -2.21. The smallest absolute Gasteiger partial charge is 0.105 e. The average Bonchev–Trinajstić information content (AvgIpc) is 2.74. The summed E-state index contributed by atoms with van der Waals surface area (Å²) in [4.78, 5) is 2.22. The maximum Gasteiger partial charge on any atom is 0.105 e. The zero-order valence-electron chi connectivity index (χ0n) is 9.41. The molecule has 0 saturated carbocycles. The summed E-state index contributed by atoms with van der Waals surface area (Å²) in [5.74, 6) is 0. The van der Waals surface area contributed by atoms with Gasteiger partial charge in [0, 0.05) is 19.6 Å². The van der Waals surface area contributed by atoms with Crippen LogP contribution in [0.3, 0.4) is 0 Å². The minimum atomic E-state index is -0.225. The summed E-state index contributed by atoms with van der Waals surface area (Å²) in [6.45, 7) is 3.60. The molecule has 4 heteroatoms. The molecule has 1 saturated heterocycles. The molecule has 1 aromatic heterocycles. The normalized spacial score (nSPS) is 22.5. The fourth-order valence-electron chi connectivity index (χ4n) is 2.30. The second kappa shape index (κ2) is 4.31. The van der Waals surface area contributed by atoms with Crippen molar-refractivity contribution in [3.05, 3.63) is 17.5 Å². The van der Waals surface area contributed by atoms with Crippen LogP contribution >= 0.6 is 0 Å². The van der Waals surface area contributed by atoms with Gasteiger partial charge in [-0.2, -0.15) is 5.10 Å². The molecule has 1 fully saturated rings. The Labute approximate surface area is 89.9 Å². The molecular formula is C11H18FN3. The summed E-state index contributed by atoms with van der Waals surface area (Å²) in [5.41, 5.74) is 2.20. The highest BCUT2D eigenvalue weighted by molar-refractivity contribution is 5.08. The third-order valence-corrected chi connectivity index (χ3v) is 3.14. The minimum Gasteiger partial charge on any atom is -0.292 e. The second-order valence-corrected chi connectivity index (χ2v) is 4.32. The summed E-state index contributed by atoms with van der Waals surface area (Å²) >= 11 is 0. The van der Waals surface area contributed by atoms with Gasteiger partial charge in [-0.05, 0) is 32.4 Å². The van der Waals surface area contributed by atoms with Gasteiger partial charge in [0.25, 0.3) is 0 Å². The lowest BCUT2D eigenvalue weighted by atomic mass is 10.2. The largest absolute Gasteiger partial charge is 0.292 e. The van der Waals surface area contributed by atoms with E-state index in [1.807, 2.05) is 18.7 Å². The van der Waals surface area contributed by atoms with Crippen LogP contribution in [0.2, 0.25) is 0 Å². The van der Waals surface area contributed by atoms with Crippen molar-refractivity contribution in [2.45, 2.75) is 32.4 Å². The van der Waals surface area contributed by atoms with Crippen molar-refractivity contribution < 1.29 is 4.39 Å². The van der Waals surface area contributed by atoms with Gasteiger partial charge in [-0.3, -0.25) is 9.58 Å². The van der Waals surface area contributed by atoms with E-state index in [1.165, 1.54) is 5.69 Å². The number of alkyl halides is 1. The van der Waals surface area contributed by atoms with Gasteiger partial charge in [0.1, 0.15) is 6.67 Å². The first-order valence-electron chi connectivity index (χ1n) is 5.50. The Bertz CT molecular complexity index is 335. The Morgan fingerprint density at radius 1 is 1.60 bits per heavy atom. The van der Waals surface area contributed by atoms with Gasteiger partial charge >= 0.3 is 0 Å². The molecule has 84 valence electrons. The predicted molar refractivity (Wildman–Crippen MR) is 57.4 cm³/mol. The molecule has 0 amide bonds. The van der Waals surface area contributed by atoms with Gasteiger partial charge in [0.05, 0.1) is 11.4 Å². The first-order valence-corrected chi connectivity index (χ1v) is 5.50. The zero-order chi connectivity index (χ0) is 10.8. The van der Waals surface area contributed by atoms with Crippen molar-refractivity contribution in [3.8, 4) is 0 Å². The van der Waals surface area contributed by atoms with Crippen LogP contribution in [0.25, 0.3) is 0 Å². The molecule has 2 rings (SSSR count). The number of halogens is 1. The first kappa shape index (κ1) is 10.6. The van der Waals surface area contributed by atoms with E-state index in [2.05, 4.69) is 16.1 Å². The Morgan fingerprint density at radius 2 is 2.40 bits per heavy atom. The van der Waals surface area contributed by atoms with E-state index in [1.54, 1.807) is 0 Å². The SMILES string of the molecule is Cc1cc(CN2CCC[C@H]2CF)n(C)n1. The molecule has 2 heterocycles. The number of aromatic nitrogens is 2. The predicted octanol–water partition coefficient (Wildman–Crippen LogP) is 1.66. The van der Waals surface area contributed by atoms with Gasteiger partial charge in [-0.1, -0.05) is 0 Å². The van der Waals surface area contributed by atoms with Crippen LogP contribution in [0.1, 0.15) is 24.2 Å². The van der Waals surface area contributed by atoms with Crippen LogP contribution in [0, 0.1) is 6.92 Å². The number of hydrogen-bond acceptors (Lipinski definition) is 2. The minimum absolute atomic E-state index is 0.125. The summed E-state index contributed by atoms with van der Waals surface area (Å²) in [7, 11) is 1.95. The Hall–Kier alpha value is -0.900. The van der Waals surface area contributed by atoms with Gasteiger partial charge in [-0.25, -0.2) is 4.39 Å². The van der Waals surface area contributed by atoms with Gasteiger partial charge in [-0.15, -0.1) is 0 Å². The van der Waals surface area contributed by atoms with Crippen LogP contribution in [-0.2, 0) is 13.6 Å². The summed E-state index contributed by atoms with van der Waals surface area (Å²) in [6.07, 6.45) is 2.11. The molecule has 0 spiro atoms. The van der Waals surface area contributed by atoms with Crippen molar-refractivity contribution in [1.82, 2.24) is 14.7 Å². The lowest BCUT2D eigenvalue weighted by Crippen LogP contribution is -2.31. The second-order valence-electron chi connectivity index (χ2n) is 4.32. The van der Waals surface area contributed by atoms with Crippen LogP contribution in [0.15, 0.2) is 6.07 Å². The van der Waals surface area contributed by atoms with Crippen molar-refractivity contribution >= 4 is 0 Å². The van der Waals surface area contributed by atoms with Crippen LogP contribution in [-0.4, -0.2) is 33.9 Å². The third-order valence-electron chi connectivity index (χ3n) is 3.14. The zero-order valence-corrected chi connectivity index (χ0v) is 9.41. The maximum absolute atomic E-state index is 12.7. The van der Waals surface area contributed by atoms with Crippen molar-refractivity contribution in [1.29, 1.82) is 0 Å². The van der Waals surface area contributed by atoms with Crippen molar-refractivity contribution in [3.63, 3.8) is 0 Å². The molecule has 0 aliphatic carbocycles. The summed E-state index contributed by atoms with van der Waals surface area (Å²) < 4.78 is 14.6. The molecule has 0 aromatic carbocycles. The molecule has 0 bridgehead atoms. The molecule has 15 heavy (non-hydrogen) atoms. The van der Waals surface area contributed by atoms with Crippen LogP contribution in [0.4, 0.5) is 4.39 Å². The Kier molecular flexibility index (Phi) is 3.05. The van der Waals surface area contributed by atoms with E-state index in [4.69, 9.17) is 0 Å². The van der Waals surface area contributed by atoms with Crippen molar-refractivity contribution in [2.75, 3.05) is 13.2 Å². The number of nitrogens with zero attached hydrogens (tertiary/aromatic N) is 3. The summed E-state index contributed by atoms with van der Waals surface area (Å²) in [5, 5.41) is 4.30. The van der Waals surface area contributed by atoms with Gasteiger partial charge in [0.2, 0.25) is 0 Å². The fourth-order valence-corrected chi connectivity index (χ4v) is 2.30. The molecule has 1 aliphatic rings. The van der Waals surface area contributed by atoms with E-state index < -0.39 is 0 Å². The van der Waals surface area contributed by atoms with Crippen molar-refractivity contribution in [2.24, 2.45) is 7.05 Å². The average molecular weight is 211 g/mol. The molecule has 3 nitrogen and oxygen atoms in total. The lowest BCUT2D eigenvalue weighted by molar-refractivity contribution is 0.203. The monoisotopic (exact) mass is 211 g/mol. The molecular weight excluding hydrogens is 193 g/mol.